The van der Waals surface area contributed by atoms with Crippen LogP contribution in [0.1, 0.15) is 105 Å². The van der Waals surface area contributed by atoms with Gasteiger partial charge in [0.05, 0.1) is 62.5 Å². The number of guanidine groups is 2. The molecule has 62 heavy (non-hydrogen) atoms. The number of anilines is 3. The Morgan fingerprint density at radius 1 is 0.710 bits per heavy atom. The molecule has 9 rings (SSSR count). The number of fused-ring (bicyclic) bond motifs is 6. The Bertz CT molecular complexity index is 2410. The van der Waals surface area contributed by atoms with Crippen LogP contribution in [0.2, 0.25) is 10.0 Å². The lowest BCUT2D eigenvalue weighted by atomic mass is 9.96. The van der Waals surface area contributed by atoms with E-state index in [2.05, 4.69) is 49.9 Å². The van der Waals surface area contributed by atoms with E-state index in [1.807, 2.05) is 59.4 Å². The third kappa shape index (κ3) is 8.13. The number of nitrogens with one attached hydrogen (secondary N) is 1. The van der Waals surface area contributed by atoms with Crippen LogP contribution in [0.15, 0.2) is 51.1 Å². The molecule has 1 aliphatic carbocycles. The number of aromatic nitrogens is 4. The predicted octanol–water partition coefficient (Wildman–Crippen LogP) is 8.55. The highest BCUT2D eigenvalue weighted by atomic mass is 79.9. The van der Waals surface area contributed by atoms with Gasteiger partial charge in [-0.25, -0.2) is 15.0 Å². The number of ether oxygens (including phenoxy) is 2. The summed E-state index contributed by atoms with van der Waals surface area (Å²) in [5, 5.41) is 4.77. The second-order valence-corrected chi connectivity index (χ2v) is 17.6. The number of rotatable bonds is 12. The Balaban J connectivity index is 0.000000174. The van der Waals surface area contributed by atoms with Gasteiger partial charge in [-0.05, 0) is 90.9 Å². The van der Waals surface area contributed by atoms with Crippen LogP contribution in [-0.2, 0) is 13.1 Å². The number of carbonyl (C=O) groups is 2. The Kier molecular flexibility index (Phi) is 13.1. The molecular formula is C44H54BrCl2N11O4. The zero-order valence-corrected chi connectivity index (χ0v) is 39.2. The van der Waals surface area contributed by atoms with E-state index in [0.29, 0.717) is 87.5 Å². The van der Waals surface area contributed by atoms with Gasteiger partial charge in [0.15, 0.2) is 27.8 Å². The van der Waals surface area contributed by atoms with Gasteiger partial charge in [-0.2, -0.15) is 4.98 Å². The van der Waals surface area contributed by atoms with Gasteiger partial charge in [0.2, 0.25) is 17.9 Å². The number of aliphatic imine (C=N–C) groups is 2. The fourth-order valence-electron chi connectivity index (χ4n) is 8.85. The first-order valence-electron chi connectivity index (χ1n) is 21.6. The Morgan fingerprint density at radius 3 is 1.66 bits per heavy atom. The minimum absolute atomic E-state index is 0.0481. The van der Waals surface area contributed by atoms with Crippen LogP contribution < -0.4 is 24.6 Å². The number of hydrogen-bond acceptors (Lipinski definition) is 11. The summed E-state index contributed by atoms with van der Waals surface area (Å²) < 4.78 is 15.1. The van der Waals surface area contributed by atoms with Crippen LogP contribution in [0.4, 0.5) is 17.6 Å². The fraction of sp³-hybridized carbons (Fsp3) is 0.500. The molecule has 15 nitrogen and oxygen atoms in total. The summed E-state index contributed by atoms with van der Waals surface area (Å²) in [6.45, 7) is 11.8. The average molecular weight is 952 g/mol. The normalized spacial score (nSPS) is 19.4. The summed E-state index contributed by atoms with van der Waals surface area (Å²) in [5.74, 6) is 4.68. The van der Waals surface area contributed by atoms with Gasteiger partial charge in [-0.3, -0.25) is 33.8 Å². The van der Waals surface area contributed by atoms with E-state index in [-0.39, 0.29) is 23.9 Å². The summed E-state index contributed by atoms with van der Waals surface area (Å²) in [6.07, 6.45) is 7.81. The van der Waals surface area contributed by atoms with E-state index in [1.54, 1.807) is 24.0 Å². The van der Waals surface area contributed by atoms with Gasteiger partial charge in [-0.1, -0.05) is 68.4 Å². The molecular weight excluding hydrogens is 897 g/mol. The van der Waals surface area contributed by atoms with Crippen molar-refractivity contribution < 1.29 is 19.1 Å². The quantitative estimate of drug-likeness (QED) is 0.148. The van der Waals surface area contributed by atoms with Gasteiger partial charge >= 0.3 is 0 Å². The van der Waals surface area contributed by atoms with Crippen LogP contribution >= 0.6 is 39.1 Å². The first-order chi connectivity index (χ1) is 30.0. The summed E-state index contributed by atoms with van der Waals surface area (Å²) in [6, 6.07) is 12.1. The Morgan fingerprint density at radius 2 is 1.19 bits per heavy atom. The van der Waals surface area contributed by atoms with Crippen LogP contribution in [0.25, 0.3) is 0 Å². The molecule has 2 aromatic carbocycles. The van der Waals surface area contributed by atoms with Gasteiger partial charge in [-0.15, -0.1) is 0 Å². The molecule has 1 saturated carbocycles. The lowest BCUT2D eigenvalue weighted by Crippen LogP contribution is -2.50. The molecule has 4 aliphatic heterocycles. The van der Waals surface area contributed by atoms with Gasteiger partial charge < -0.3 is 19.4 Å². The maximum Gasteiger partial charge on any atom is 0.281 e. The predicted molar refractivity (Wildman–Crippen MR) is 248 cm³/mol. The van der Waals surface area contributed by atoms with Gasteiger partial charge in [0.1, 0.15) is 11.5 Å². The smallest absolute Gasteiger partial charge is 0.281 e. The third-order valence-corrected chi connectivity index (χ3v) is 13.4. The van der Waals surface area contributed by atoms with Crippen molar-refractivity contribution in [1.82, 2.24) is 28.9 Å². The second kappa shape index (κ2) is 18.5. The minimum Gasteiger partial charge on any atom is -0.495 e. The summed E-state index contributed by atoms with van der Waals surface area (Å²) in [4.78, 5) is 54.0. The van der Waals surface area contributed by atoms with E-state index >= 15 is 0 Å². The number of halogens is 3. The topological polar surface area (TPSA) is 138 Å². The van der Waals surface area contributed by atoms with E-state index in [1.165, 1.54) is 19.3 Å². The highest BCUT2D eigenvalue weighted by Crippen LogP contribution is 2.38. The Hall–Kier alpha value is -4.80. The zero-order chi connectivity index (χ0) is 43.8. The molecule has 0 spiro atoms. The van der Waals surface area contributed by atoms with Crippen LogP contribution in [0.3, 0.4) is 0 Å². The number of benzene rings is 2. The molecule has 0 unspecified atom stereocenters. The van der Waals surface area contributed by atoms with Crippen molar-refractivity contribution in [1.29, 1.82) is 0 Å². The highest BCUT2D eigenvalue weighted by molar-refractivity contribution is 9.10. The molecule has 330 valence electrons. The van der Waals surface area contributed by atoms with Crippen molar-refractivity contribution in [3.8, 4) is 11.5 Å². The molecule has 1 N–H and O–H groups in total. The largest absolute Gasteiger partial charge is 0.495 e. The second-order valence-electron chi connectivity index (χ2n) is 16.1. The van der Waals surface area contributed by atoms with Crippen molar-refractivity contribution in [2.24, 2.45) is 9.98 Å². The van der Waals surface area contributed by atoms with Crippen molar-refractivity contribution >= 4 is 80.4 Å². The lowest BCUT2D eigenvalue weighted by Gasteiger charge is -2.33. The first-order valence-corrected chi connectivity index (χ1v) is 23.2. The van der Waals surface area contributed by atoms with Crippen molar-refractivity contribution in [2.45, 2.75) is 104 Å². The van der Waals surface area contributed by atoms with E-state index in [0.717, 1.165) is 61.8 Å². The summed E-state index contributed by atoms with van der Waals surface area (Å²) >= 11 is 16.2. The molecule has 0 radical (unpaired) electrons. The number of nitrogens with zero attached hydrogens (tertiary/aromatic N) is 10. The molecule has 1 fully saturated rings. The molecule has 5 aliphatic rings. The molecule has 0 saturated heterocycles. The fourth-order valence-corrected chi connectivity index (χ4v) is 9.88. The van der Waals surface area contributed by atoms with Crippen molar-refractivity contribution in [3.63, 3.8) is 0 Å². The SMILES string of the molecule is CC[C@@H]1CN2C(=N1)N(CC)C(=O)c1c2nc(Br)n1Cc1ccc(OC)c(Cl)c1.CC[C@@H]1CN2C(=N1)N(CC)C(=O)c1c2nc(NC2CCCCC2)n1Cc1ccc(OC)c(Cl)c1. The average Bonchev–Trinajstić information content (AvgIpc) is 4.06. The zero-order valence-electron chi connectivity index (χ0n) is 36.1. The maximum atomic E-state index is 13.8. The molecule has 18 heteroatoms. The molecule has 2 atom stereocenters. The first kappa shape index (κ1) is 43.8. The maximum absolute atomic E-state index is 13.8. The van der Waals surface area contributed by atoms with Crippen molar-refractivity contribution in [3.05, 3.63) is 73.7 Å². The Labute approximate surface area is 381 Å². The van der Waals surface area contributed by atoms with E-state index < -0.39 is 0 Å². The van der Waals surface area contributed by atoms with Crippen molar-refractivity contribution in [2.75, 3.05) is 55.5 Å². The number of amides is 2. The summed E-state index contributed by atoms with van der Waals surface area (Å²) in [5.41, 5.74) is 3.12. The third-order valence-electron chi connectivity index (χ3n) is 12.2. The molecule has 4 aromatic rings. The number of imidazole rings is 2. The number of carbonyl (C=O) groups excluding carboxylic acids is 2. The van der Waals surface area contributed by atoms with Crippen LogP contribution in [-0.4, -0.2) is 111 Å². The van der Waals surface area contributed by atoms with Crippen LogP contribution in [0.5, 0.6) is 11.5 Å². The standard InChI is InChI=1S/C25H33ClN6O2.C19H21BrClN5O2/c1-4-17-15-32-22-21(23(33)30(5-2)25(32)28-17)31(14-16-11-12-20(34-3)19(26)13-16)24(29-22)27-18-9-7-6-8-10-18;1-4-12-10-26-16-15(17(27)24(5-2)19(26)22-12)25(18(20)23-16)9-11-6-7-14(28-3)13(21)8-11/h11-13,17-18H,4-10,14-15H2,1-3H3,(H,27,29);6-8,12H,4-5,9-10H2,1-3H3/t17-;12-/m11/s1. The van der Waals surface area contributed by atoms with Crippen LogP contribution in [0, 0.1) is 0 Å². The molecule has 6 heterocycles. The van der Waals surface area contributed by atoms with Gasteiger partial charge in [0.25, 0.3) is 11.8 Å². The monoisotopic (exact) mass is 949 g/mol. The molecule has 0 bridgehead atoms. The van der Waals surface area contributed by atoms with Gasteiger partial charge in [0, 0.05) is 19.1 Å². The molecule has 2 aromatic heterocycles. The van der Waals surface area contributed by atoms with E-state index in [4.69, 9.17) is 47.6 Å². The summed E-state index contributed by atoms with van der Waals surface area (Å²) in [7, 11) is 3.19. The van der Waals surface area contributed by atoms with E-state index in [9.17, 15) is 9.59 Å². The molecule has 2 amide bonds. The number of hydrogen-bond donors (Lipinski definition) is 1. The highest BCUT2D eigenvalue weighted by Gasteiger charge is 2.45. The minimum atomic E-state index is -0.0814. The number of methoxy groups -OCH3 is 2. The lowest BCUT2D eigenvalue weighted by molar-refractivity contribution is 0.0828.